The lowest BCUT2D eigenvalue weighted by atomic mass is 9.84. The van der Waals surface area contributed by atoms with E-state index in [9.17, 15) is 14.7 Å². The second-order valence-corrected chi connectivity index (χ2v) is 6.51. The predicted octanol–water partition coefficient (Wildman–Crippen LogP) is 2.78. The van der Waals surface area contributed by atoms with Gasteiger partial charge in [-0.15, -0.1) is 0 Å². The molecule has 1 saturated carbocycles. The zero-order chi connectivity index (χ0) is 17.3. The van der Waals surface area contributed by atoms with Gasteiger partial charge in [-0.3, -0.25) is 9.59 Å². The van der Waals surface area contributed by atoms with Crippen molar-refractivity contribution in [2.45, 2.75) is 45.1 Å². The van der Waals surface area contributed by atoms with Crippen molar-refractivity contribution >= 4 is 22.6 Å². The maximum atomic E-state index is 12.4. The first kappa shape index (κ1) is 16.4. The van der Waals surface area contributed by atoms with Crippen LogP contribution in [0.3, 0.4) is 0 Å². The van der Waals surface area contributed by atoms with E-state index in [1.54, 1.807) is 0 Å². The average molecular weight is 330 g/mol. The van der Waals surface area contributed by atoms with Crippen molar-refractivity contribution in [1.82, 2.24) is 5.32 Å². The Morgan fingerprint density at radius 1 is 1.33 bits per heavy atom. The molecule has 1 amide bonds. The van der Waals surface area contributed by atoms with Crippen LogP contribution < -0.4 is 16.5 Å². The molecule has 0 unspecified atom stereocenters. The maximum Gasteiger partial charge on any atom is 0.287 e. The minimum absolute atomic E-state index is 0.00752. The summed E-state index contributed by atoms with van der Waals surface area (Å²) in [7, 11) is 0. The van der Waals surface area contributed by atoms with E-state index in [1.165, 1.54) is 31.4 Å². The molecule has 2 aromatic rings. The summed E-state index contributed by atoms with van der Waals surface area (Å²) in [5.74, 6) is -0.328. The number of phenols is 1. The third-order valence-electron chi connectivity index (χ3n) is 4.84. The Bertz CT molecular complexity index is 822. The zero-order valence-corrected chi connectivity index (χ0v) is 13.7. The fraction of sp³-hybridized carbons (Fsp3) is 0.444. The highest BCUT2D eigenvalue weighted by Gasteiger charge is 2.23. The highest BCUT2D eigenvalue weighted by atomic mass is 16.3. The minimum Gasteiger partial charge on any atom is -0.505 e. The number of hydrogen-bond acceptors (Lipinski definition) is 5. The number of rotatable bonds is 3. The van der Waals surface area contributed by atoms with E-state index in [0.717, 1.165) is 18.9 Å². The molecule has 0 saturated heterocycles. The largest absolute Gasteiger partial charge is 0.505 e. The van der Waals surface area contributed by atoms with Crippen LogP contribution in [0, 0.1) is 5.92 Å². The van der Waals surface area contributed by atoms with E-state index in [-0.39, 0.29) is 34.2 Å². The van der Waals surface area contributed by atoms with Crippen LogP contribution >= 0.6 is 0 Å². The third-order valence-corrected chi connectivity index (χ3v) is 4.84. The molecule has 1 aromatic carbocycles. The molecule has 1 atom stereocenters. The van der Waals surface area contributed by atoms with Gasteiger partial charge in [0.05, 0.1) is 5.69 Å². The average Bonchev–Trinajstić information content (AvgIpc) is 2.58. The van der Waals surface area contributed by atoms with Crippen molar-refractivity contribution in [2.24, 2.45) is 5.92 Å². The summed E-state index contributed by atoms with van der Waals surface area (Å²) >= 11 is 0. The van der Waals surface area contributed by atoms with Gasteiger partial charge in [0.25, 0.3) is 5.91 Å². The van der Waals surface area contributed by atoms with E-state index >= 15 is 0 Å². The smallest absolute Gasteiger partial charge is 0.287 e. The Morgan fingerprint density at radius 3 is 2.75 bits per heavy atom. The Labute approximate surface area is 139 Å². The molecular weight excluding hydrogens is 308 g/mol. The number of nitrogens with two attached hydrogens (primary N) is 1. The van der Waals surface area contributed by atoms with Crippen LogP contribution in [0.15, 0.2) is 27.4 Å². The molecule has 128 valence electrons. The van der Waals surface area contributed by atoms with Crippen LogP contribution in [0.2, 0.25) is 0 Å². The quantitative estimate of drug-likeness (QED) is 0.593. The molecular formula is C18H22N2O4. The number of amides is 1. The zero-order valence-electron chi connectivity index (χ0n) is 13.7. The van der Waals surface area contributed by atoms with Crippen LogP contribution in [0.1, 0.15) is 49.6 Å². The van der Waals surface area contributed by atoms with Gasteiger partial charge in [-0.1, -0.05) is 19.3 Å². The Balaban J connectivity index is 1.85. The Kier molecular flexibility index (Phi) is 4.46. The molecule has 0 spiro atoms. The number of nitrogens with one attached hydrogen (secondary N) is 1. The standard InChI is InChI=1S/C18H22N2O4/c1-10(11-5-3-2-4-6-11)20-18(23)15-9-13(21)16-14(24-15)8-7-12(19)17(16)22/h7-11,22H,2-6,19H2,1H3,(H,20,23)/t10-/m0/s1. The predicted molar refractivity (Wildman–Crippen MR) is 92.1 cm³/mol. The van der Waals surface area contributed by atoms with Crippen molar-refractivity contribution in [3.05, 3.63) is 34.2 Å². The van der Waals surface area contributed by atoms with Crippen LogP contribution in [0.4, 0.5) is 5.69 Å². The highest BCUT2D eigenvalue weighted by molar-refractivity contribution is 5.95. The van der Waals surface area contributed by atoms with Crippen molar-refractivity contribution in [2.75, 3.05) is 5.73 Å². The first-order chi connectivity index (χ1) is 11.5. The monoisotopic (exact) mass is 330 g/mol. The lowest BCUT2D eigenvalue weighted by Crippen LogP contribution is -2.39. The normalized spacial score (nSPS) is 16.9. The molecule has 4 N–H and O–H groups in total. The molecule has 1 heterocycles. The first-order valence-electron chi connectivity index (χ1n) is 8.33. The summed E-state index contributed by atoms with van der Waals surface area (Å²) in [4.78, 5) is 24.6. The second-order valence-electron chi connectivity index (χ2n) is 6.51. The van der Waals surface area contributed by atoms with E-state index in [1.807, 2.05) is 6.92 Å². The molecule has 0 aliphatic heterocycles. The molecule has 24 heavy (non-hydrogen) atoms. The van der Waals surface area contributed by atoms with Gasteiger partial charge in [-0.05, 0) is 37.8 Å². The Hall–Kier alpha value is -2.50. The van der Waals surface area contributed by atoms with Crippen molar-refractivity contribution in [3.8, 4) is 5.75 Å². The molecule has 1 aliphatic rings. The van der Waals surface area contributed by atoms with Crippen molar-refractivity contribution in [3.63, 3.8) is 0 Å². The second kappa shape index (κ2) is 6.55. The molecule has 1 fully saturated rings. The van der Waals surface area contributed by atoms with Gasteiger partial charge in [-0.2, -0.15) is 0 Å². The van der Waals surface area contributed by atoms with Gasteiger partial charge in [0.15, 0.2) is 16.9 Å². The van der Waals surface area contributed by atoms with Crippen LogP contribution in [-0.2, 0) is 0 Å². The summed E-state index contributed by atoms with van der Waals surface area (Å²) in [5.41, 5.74) is 5.34. The SMILES string of the molecule is C[C@H](NC(=O)c1cc(=O)c2c(O)c(N)ccc2o1)C1CCCCC1. The van der Waals surface area contributed by atoms with E-state index in [4.69, 9.17) is 10.2 Å². The number of hydrogen-bond donors (Lipinski definition) is 3. The number of carbonyl (C=O) groups excluding carboxylic acids is 1. The molecule has 1 aromatic heterocycles. The highest BCUT2D eigenvalue weighted by Crippen LogP contribution is 2.29. The van der Waals surface area contributed by atoms with E-state index in [2.05, 4.69) is 5.32 Å². The van der Waals surface area contributed by atoms with Crippen LogP contribution in [-0.4, -0.2) is 17.1 Å². The molecule has 0 radical (unpaired) electrons. The number of anilines is 1. The lowest BCUT2D eigenvalue weighted by molar-refractivity contribution is 0.0891. The number of carbonyl (C=O) groups is 1. The fourth-order valence-electron chi connectivity index (χ4n) is 3.39. The molecule has 1 aliphatic carbocycles. The molecule has 6 heteroatoms. The molecule has 6 nitrogen and oxygen atoms in total. The molecule has 0 bridgehead atoms. The third kappa shape index (κ3) is 3.09. The van der Waals surface area contributed by atoms with E-state index in [0.29, 0.717) is 5.92 Å². The fourth-order valence-corrected chi connectivity index (χ4v) is 3.39. The van der Waals surface area contributed by atoms with Gasteiger partial charge < -0.3 is 20.6 Å². The first-order valence-corrected chi connectivity index (χ1v) is 8.33. The molecule has 3 rings (SSSR count). The topological polar surface area (TPSA) is 106 Å². The number of benzene rings is 1. The van der Waals surface area contributed by atoms with Crippen molar-refractivity contribution < 1.29 is 14.3 Å². The summed E-state index contributed by atoms with van der Waals surface area (Å²) in [6.07, 6.45) is 5.85. The van der Waals surface area contributed by atoms with Gasteiger partial charge >= 0.3 is 0 Å². The maximum absolute atomic E-state index is 12.4. The summed E-state index contributed by atoms with van der Waals surface area (Å²) in [6, 6.07) is 4.04. The summed E-state index contributed by atoms with van der Waals surface area (Å²) < 4.78 is 5.50. The van der Waals surface area contributed by atoms with Gasteiger partial charge in [0.1, 0.15) is 11.0 Å². The van der Waals surface area contributed by atoms with Gasteiger partial charge in [0, 0.05) is 12.1 Å². The van der Waals surface area contributed by atoms with Gasteiger partial charge in [0.2, 0.25) is 0 Å². The lowest BCUT2D eigenvalue weighted by Gasteiger charge is -2.28. The number of phenolic OH excluding ortho intramolecular Hbond substituents is 1. The summed E-state index contributed by atoms with van der Waals surface area (Å²) in [6.45, 7) is 1.99. The van der Waals surface area contributed by atoms with Crippen LogP contribution in [0.5, 0.6) is 5.75 Å². The minimum atomic E-state index is -0.489. The Morgan fingerprint density at radius 2 is 2.04 bits per heavy atom. The van der Waals surface area contributed by atoms with E-state index < -0.39 is 11.3 Å². The summed E-state index contributed by atoms with van der Waals surface area (Å²) in [5, 5.41) is 12.8. The number of aromatic hydroxyl groups is 1. The number of fused-ring (bicyclic) bond motifs is 1. The number of nitrogen functional groups attached to an aromatic ring is 1. The van der Waals surface area contributed by atoms with Crippen LogP contribution in [0.25, 0.3) is 11.0 Å². The van der Waals surface area contributed by atoms with Crippen molar-refractivity contribution in [1.29, 1.82) is 0 Å². The van der Waals surface area contributed by atoms with Gasteiger partial charge in [-0.25, -0.2) is 0 Å².